The summed E-state index contributed by atoms with van der Waals surface area (Å²) in [6.07, 6.45) is 0. The van der Waals surface area contributed by atoms with Gasteiger partial charge in [-0.2, -0.15) is 0 Å². The van der Waals surface area contributed by atoms with Gasteiger partial charge in [0.05, 0.1) is 17.7 Å². The third kappa shape index (κ3) is 4.46. The van der Waals surface area contributed by atoms with Gasteiger partial charge in [0.2, 0.25) is 0 Å². The number of thioether (sulfide) groups is 1. The molecule has 0 unspecified atom stereocenters. The number of aromatic carboxylic acids is 1. The van der Waals surface area contributed by atoms with Crippen molar-refractivity contribution in [2.75, 3.05) is 17.6 Å². The van der Waals surface area contributed by atoms with Gasteiger partial charge in [-0.05, 0) is 30.9 Å². The zero-order chi connectivity index (χ0) is 18.6. The summed E-state index contributed by atoms with van der Waals surface area (Å²) in [6.45, 7) is 3.77. The van der Waals surface area contributed by atoms with Crippen LogP contribution in [0.4, 0.5) is 5.69 Å². The zero-order valence-electron chi connectivity index (χ0n) is 14.1. The normalized spacial score (nSPS) is 11.2. The first-order chi connectivity index (χ1) is 11.8. The summed E-state index contributed by atoms with van der Waals surface area (Å²) in [5.41, 5.74) is 1.22. The van der Waals surface area contributed by atoms with Gasteiger partial charge < -0.3 is 9.84 Å². The van der Waals surface area contributed by atoms with Gasteiger partial charge in [0, 0.05) is 11.0 Å². The van der Waals surface area contributed by atoms with E-state index < -0.39 is 16.0 Å². The van der Waals surface area contributed by atoms with E-state index in [2.05, 4.69) is 4.72 Å². The van der Waals surface area contributed by atoms with Crippen LogP contribution < -0.4 is 9.46 Å². The van der Waals surface area contributed by atoms with Crippen LogP contribution in [0.15, 0.2) is 46.2 Å². The minimum absolute atomic E-state index is 0.0169. The highest BCUT2D eigenvalue weighted by Crippen LogP contribution is 2.35. The van der Waals surface area contributed by atoms with Crippen molar-refractivity contribution >= 4 is 33.4 Å². The number of hydrogen-bond acceptors (Lipinski definition) is 5. The van der Waals surface area contributed by atoms with E-state index in [1.807, 2.05) is 13.8 Å². The second kappa shape index (κ2) is 7.79. The molecule has 2 aromatic rings. The second-order valence-electron chi connectivity index (χ2n) is 5.21. The van der Waals surface area contributed by atoms with Crippen LogP contribution in [-0.2, 0) is 10.0 Å². The predicted molar refractivity (Wildman–Crippen MR) is 98.3 cm³/mol. The first-order valence-electron chi connectivity index (χ1n) is 7.46. The third-order valence-electron chi connectivity index (χ3n) is 3.41. The average molecular weight is 381 g/mol. The van der Waals surface area contributed by atoms with E-state index in [9.17, 15) is 18.3 Å². The number of rotatable bonds is 7. The summed E-state index contributed by atoms with van der Waals surface area (Å²) in [7, 11) is -2.46. The number of benzene rings is 2. The van der Waals surface area contributed by atoms with Crippen molar-refractivity contribution in [1.29, 1.82) is 0 Å². The standard InChI is InChI=1S/C17H19NO5S2/c1-4-24-16-9-13(17(19)20)15(23-3)10-14(16)18-25(21,22)12-7-5-11(2)6-8-12/h5-10,18H,4H2,1-3H3,(H,19,20). The van der Waals surface area contributed by atoms with E-state index in [1.165, 1.54) is 43.1 Å². The first kappa shape index (κ1) is 19.1. The minimum atomic E-state index is -3.80. The summed E-state index contributed by atoms with van der Waals surface area (Å²) in [4.78, 5) is 12.0. The Labute approximate surface area is 151 Å². The molecule has 0 saturated heterocycles. The van der Waals surface area contributed by atoms with Crippen LogP contribution in [0.3, 0.4) is 0 Å². The molecule has 0 aromatic heterocycles. The second-order valence-corrected chi connectivity index (χ2v) is 8.19. The van der Waals surface area contributed by atoms with E-state index in [4.69, 9.17) is 4.74 Å². The van der Waals surface area contributed by atoms with Crippen LogP contribution in [0.5, 0.6) is 5.75 Å². The molecule has 2 rings (SSSR count). The number of carboxylic acids is 1. The van der Waals surface area contributed by atoms with Crippen LogP contribution >= 0.6 is 11.8 Å². The molecule has 0 bridgehead atoms. The number of nitrogens with one attached hydrogen (secondary N) is 1. The van der Waals surface area contributed by atoms with Crippen molar-refractivity contribution in [3.05, 3.63) is 47.5 Å². The summed E-state index contributed by atoms with van der Waals surface area (Å²) in [6, 6.07) is 9.28. The number of methoxy groups -OCH3 is 1. The summed E-state index contributed by atoms with van der Waals surface area (Å²) in [5, 5.41) is 9.29. The largest absolute Gasteiger partial charge is 0.496 e. The maximum Gasteiger partial charge on any atom is 0.339 e. The molecule has 25 heavy (non-hydrogen) atoms. The van der Waals surface area contributed by atoms with Gasteiger partial charge in [0.15, 0.2) is 0 Å². The molecule has 2 aromatic carbocycles. The topological polar surface area (TPSA) is 92.7 Å². The molecule has 0 heterocycles. The molecule has 2 N–H and O–H groups in total. The van der Waals surface area contributed by atoms with Gasteiger partial charge in [-0.1, -0.05) is 24.6 Å². The van der Waals surface area contributed by atoms with E-state index >= 15 is 0 Å². The Morgan fingerprint density at radius 1 is 1.24 bits per heavy atom. The van der Waals surface area contributed by atoms with Crippen LogP contribution in [-0.4, -0.2) is 32.4 Å². The van der Waals surface area contributed by atoms with Crippen LogP contribution in [0.2, 0.25) is 0 Å². The molecule has 134 valence electrons. The molecule has 0 amide bonds. The maximum absolute atomic E-state index is 12.6. The first-order valence-corrected chi connectivity index (χ1v) is 9.93. The SMILES string of the molecule is CCSc1cc(C(=O)O)c(OC)cc1NS(=O)(=O)c1ccc(C)cc1. The van der Waals surface area contributed by atoms with Crippen molar-refractivity contribution in [1.82, 2.24) is 0 Å². The Morgan fingerprint density at radius 2 is 1.88 bits per heavy atom. The number of sulfonamides is 1. The molecule has 6 nitrogen and oxygen atoms in total. The number of carbonyl (C=O) groups is 1. The molecule has 0 aliphatic carbocycles. The number of ether oxygens (including phenoxy) is 1. The average Bonchev–Trinajstić information content (AvgIpc) is 2.56. The Bertz CT molecular complexity index is 877. The molecule has 0 saturated carbocycles. The van der Waals surface area contributed by atoms with Crippen molar-refractivity contribution in [3.8, 4) is 5.75 Å². The van der Waals surface area contributed by atoms with Crippen molar-refractivity contribution in [2.24, 2.45) is 0 Å². The van der Waals surface area contributed by atoms with Gasteiger partial charge in [-0.15, -0.1) is 11.8 Å². The lowest BCUT2D eigenvalue weighted by atomic mass is 10.2. The Kier molecular flexibility index (Phi) is 5.97. The Balaban J connectivity index is 2.49. The molecular formula is C17H19NO5S2. The Morgan fingerprint density at radius 3 is 2.40 bits per heavy atom. The number of aryl methyl sites for hydroxylation is 1. The lowest BCUT2D eigenvalue weighted by Crippen LogP contribution is -2.14. The zero-order valence-corrected chi connectivity index (χ0v) is 15.7. The van der Waals surface area contributed by atoms with Crippen molar-refractivity contribution in [3.63, 3.8) is 0 Å². The van der Waals surface area contributed by atoms with E-state index in [0.29, 0.717) is 10.6 Å². The molecule has 0 spiro atoms. The highest BCUT2D eigenvalue weighted by Gasteiger charge is 2.20. The quantitative estimate of drug-likeness (QED) is 0.712. The van der Waals surface area contributed by atoms with E-state index in [-0.39, 0.29) is 21.9 Å². The number of anilines is 1. The lowest BCUT2D eigenvalue weighted by molar-refractivity contribution is 0.0693. The molecule has 0 atom stereocenters. The summed E-state index contributed by atoms with van der Waals surface area (Å²) in [5.74, 6) is -0.387. The highest BCUT2D eigenvalue weighted by molar-refractivity contribution is 7.99. The summed E-state index contributed by atoms with van der Waals surface area (Å²) >= 11 is 1.35. The monoisotopic (exact) mass is 381 g/mol. The van der Waals surface area contributed by atoms with Crippen molar-refractivity contribution < 1.29 is 23.1 Å². The van der Waals surface area contributed by atoms with Crippen LogP contribution in [0, 0.1) is 6.92 Å². The third-order valence-corrected chi connectivity index (χ3v) is 5.73. The van der Waals surface area contributed by atoms with Gasteiger partial charge in [-0.25, -0.2) is 13.2 Å². The van der Waals surface area contributed by atoms with Gasteiger partial charge in [0.25, 0.3) is 10.0 Å². The van der Waals surface area contributed by atoms with Crippen LogP contribution in [0.25, 0.3) is 0 Å². The summed E-state index contributed by atoms with van der Waals surface area (Å²) < 4.78 is 32.8. The molecule has 0 fully saturated rings. The van der Waals surface area contributed by atoms with Crippen LogP contribution in [0.1, 0.15) is 22.8 Å². The van der Waals surface area contributed by atoms with Crippen molar-refractivity contribution in [2.45, 2.75) is 23.6 Å². The fourth-order valence-electron chi connectivity index (χ4n) is 2.17. The lowest BCUT2D eigenvalue weighted by Gasteiger charge is -2.15. The number of hydrogen-bond donors (Lipinski definition) is 2. The fourth-order valence-corrected chi connectivity index (χ4v) is 4.08. The van der Waals surface area contributed by atoms with Gasteiger partial charge >= 0.3 is 5.97 Å². The minimum Gasteiger partial charge on any atom is -0.496 e. The molecule has 0 radical (unpaired) electrons. The van der Waals surface area contributed by atoms with E-state index in [0.717, 1.165) is 5.56 Å². The number of carboxylic acid groups (broad SMARTS) is 1. The fraction of sp³-hybridized carbons (Fsp3) is 0.235. The predicted octanol–water partition coefficient (Wildman–Crippen LogP) is 3.61. The smallest absolute Gasteiger partial charge is 0.339 e. The molecule has 8 heteroatoms. The van der Waals surface area contributed by atoms with E-state index in [1.54, 1.807) is 12.1 Å². The Hall–Kier alpha value is -2.19. The van der Waals surface area contributed by atoms with Gasteiger partial charge in [0.1, 0.15) is 11.3 Å². The molecule has 0 aliphatic heterocycles. The molecular weight excluding hydrogens is 362 g/mol. The maximum atomic E-state index is 12.6. The van der Waals surface area contributed by atoms with Gasteiger partial charge in [-0.3, -0.25) is 4.72 Å². The highest BCUT2D eigenvalue weighted by atomic mass is 32.2. The molecule has 0 aliphatic rings.